The Bertz CT molecular complexity index is 435. The highest BCUT2D eigenvalue weighted by Gasteiger charge is 1.99. The number of rotatable bonds is 5. The molecule has 0 radical (unpaired) electrons. The van der Waals surface area contributed by atoms with E-state index in [1.807, 2.05) is 18.2 Å². The first-order valence-electron chi connectivity index (χ1n) is 5.57. The van der Waals surface area contributed by atoms with E-state index in [0.29, 0.717) is 6.37 Å². The summed E-state index contributed by atoms with van der Waals surface area (Å²) in [5, 5.41) is 10.6. The largest absolute Gasteiger partial charge is 0.358 e. The number of anilines is 1. The van der Waals surface area contributed by atoms with Crippen LogP contribution in [0.25, 0.3) is 0 Å². The Morgan fingerprint density at radius 1 is 1.53 bits per heavy atom. The van der Waals surface area contributed by atoms with Crippen molar-refractivity contribution in [1.29, 1.82) is 5.41 Å². The van der Waals surface area contributed by atoms with Crippen LogP contribution in [0.4, 0.5) is 5.69 Å². The molecule has 17 heavy (non-hydrogen) atoms. The normalized spacial score (nSPS) is 10.0. The summed E-state index contributed by atoms with van der Waals surface area (Å²) in [6, 6.07) is 5.96. The van der Waals surface area contributed by atoms with E-state index in [1.54, 1.807) is 0 Å². The van der Waals surface area contributed by atoms with Gasteiger partial charge in [-0.15, -0.1) is 0 Å². The summed E-state index contributed by atoms with van der Waals surface area (Å²) in [6.45, 7) is 2.17. The minimum absolute atomic E-state index is 0.613. The van der Waals surface area contributed by atoms with Crippen molar-refractivity contribution in [1.82, 2.24) is 0 Å². The summed E-state index contributed by atoms with van der Waals surface area (Å²) in [5.74, 6) is 6.30. The zero-order valence-corrected chi connectivity index (χ0v) is 13.0. The number of nitrogens with one attached hydrogen (secondary N) is 2. The van der Waals surface area contributed by atoms with E-state index in [2.05, 4.69) is 45.9 Å². The van der Waals surface area contributed by atoms with Crippen LogP contribution >= 0.6 is 28.4 Å². The lowest BCUT2D eigenvalue weighted by Gasteiger charge is -2.06. The highest BCUT2D eigenvalue weighted by Crippen LogP contribution is 2.26. The van der Waals surface area contributed by atoms with Gasteiger partial charge in [-0.2, -0.15) is 0 Å². The molecule has 0 aliphatic carbocycles. The Balaban J connectivity index is 2.80. The highest BCUT2D eigenvalue weighted by atomic mass is 127. The van der Waals surface area contributed by atoms with Crippen LogP contribution in [0.5, 0.6) is 0 Å². The van der Waals surface area contributed by atoms with E-state index in [1.165, 1.54) is 12.6 Å². The lowest BCUT2D eigenvalue weighted by atomic mass is 10.1. The van der Waals surface area contributed by atoms with Gasteiger partial charge >= 0.3 is 0 Å². The Morgan fingerprint density at radius 3 is 3.00 bits per heavy atom. The molecule has 0 aliphatic rings. The van der Waals surface area contributed by atoms with Gasteiger partial charge < -0.3 is 10.5 Å². The molecule has 0 aliphatic heterocycles. The molecule has 1 atom stereocenters. The first kappa shape index (κ1) is 14.5. The van der Waals surface area contributed by atoms with Gasteiger partial charge in [0.25, 0.3) is 0 Å². The fraction of sp³-hybridized carbons (Fsp3) is 0.308. The fourth-order valence-corrected chi connectivity index (χ4v) is 2.56. The number of unbranched alkanes of at least 4 members (excludes halogenated alkanes) is 2. The fourth-order valence-electron chi connectivity index (χ4n) is 1.35. The van der Waals surface area contributed by atoms with Crippen molar-refractivity contribution >= 4 is 40.3 Å². The summed E-state index contributed by atoms with van der Waals surface area (Å²) in [5.41, 5.74) is 2.89. The Hall–Kier alpha value is -0.590. The average molecular weight is 358 g/mol. The molecule has 2 nitrogen and oxygen atoms in total. The van der Waals surface area contributed by atoms with E-state index in [0.717, 1.165) is 29.7 Å². The van der Waals surface area contributed by atoms with E-state index in [4.69, 9.17) is 5.41 Å². The van der Waals surface area contributed by atoms with Crippen LogP contribution in [0, 0.1) is 17.3 Å². The molecule has 1 rings (SSSR count). The number of hydrogen-bond acceptors (Lipinski definition) is 2. The van der Waals surface area contributed by atoms with Gasteiger partial charge in [-0.1, -0.05) is 25.2 Å². The molecule has 0 amide bonds. The first-order chi connectivity index (χ1) is 8.31. The van der Waals surface area contributed by atoms with Crippen LogP contribution in [0.1, 0.15) is 37.3 Å². The second-order valence-corrected chi connectivity index (χ2v) is 5.63. The van der Waals surface area contributed by atoms with Gasteiger partial charge in [-0.05, 0) is 46.7 Å². The lowest BCUT2D eigenvalue weighted by Crippen LogP contribution is -1.90. The van der Waals surface area contributed by atoms with Gasteiger partial charge in [0.2, 0.25) is 0 Å². The molecule has 0 spiro atoms. The van der Waals surface area contributed by atoms with Crippen molar-refractivity contribution in [2.75, 3.05) is 5.09 Å². The summed E-state index contributed by atoms with van der Waals surface area (Å²) in [6.07, 6.45) is 5.27. The van der Waals surface area contributed by atoms with Gasteiger partial charge in [0, 0.05) is 35.8 Å². The minimum Gasteiger partial charge on any atom is -0.358 e. The van der Waals surface area contributed by atoms with Crippen LogP contribution in [0.3, 0.4) is 0 Å². The number of halogens is 1. The van der Waals surface area contributed by atoms with Crippen molar-refractivity contribution in [2.24, 2.45) is 0 Å². The second-order valence-electron chi connectivity index (χ2n) is 3.57. The maximum Gasteiger partial charge on any atom is 0.0465 e. The van der Waals surface area contributed by atoms with Crippen molar-refractivity contribution in [3.05, 3.63) is 29.3 Å². The van der Waals surface area contributed by atoms with Gasteiger partial charge in [0.1, 0.15) is 0 Å². The lowest BCUT2D eigenvalue weighted by molar-refractivity contribution is 0.828. The van der Waals surface area contributed by atoms with Gasteiger partial charge in [0.05, 0.1) is 0 Å². The predicted molar refractivity (Wildman–Crippen MR) is 86.7 cm³/mol. The van der Waals surface area contributed by atoms with Gasteiger partial charge in [-0.25, -0.2) is 0 Å². The molecule has 1 unspecified atom stereocenters. The molecule has 90 valence electrons. The van der Waals surface area contributed by atoms with E-state index in [9.17, 15) is 0 Å². The third-order valence-corrected chi connectivity index (χ3v) is 3.45. The SMILES string of the molecule is CCCCC#Cc1ccc(NPI)c(C=N)c1. The Kier molecular flexibility index (Phi) is 7.23. The van der Waals surface area contributed by atoms with Crippen molar-refractivity contribution in [2.45, 2.75) is 26.2 Å². The van der Waals surface area contributed by atoms with E-state index in [-0.39, 0.29) is 0 Å². The third kappa shape index (κ3) is 5.06. The molecule has 1 aromatic rings. The smallest absolute Gasteiger partial charge is 0.0465 e. The number of benzene rings is 1. The maximum atomic E-state index is 7.39. The zero-order valence-electron chi connectivity index (χ0n) is 9.81. The molecule has 0 saturated carbocycles. The van der Waals surface area contributed by atoms with Crippen LogP contribution in [-0.2, 0) is 0 Å². The maximum absolute atomic E-state index is 7.39. The van der Waals surface area contributed by atoms with Crippen molar-refractivity contribution in [3.63, 3.8) is 0 Å². The van der Waals surface area contributed by atoms with Crippen LogP contribution in [0.15, 0.2) is 18.2 Å². The summed E-state index contributed by atoms with van der Waals surface area (Å²) < 4.78 is 0. The quantitative estimate of drug-likeness (QED) is 0.261. The highest BCUT2D eigenvalue weighted by molar-refractivity contribution is 14.2. The third-order valence-electron chi connectivity index (χ3n) is 2.28. The molecule has 0 fully saturated rings. The Morgan fingerprint density at radius 2 is 2.35 bits per heavy atom. The monoisotopic (exact) mass is 358 g/mol. The Labute approximate surface area is 118 Å². The molecule has 1 aromatic carbocycles. The van der Waals surface area contributed by atoms with Crippen LogP contribution < -0.4 is 5.09 Å². The molecule has 0 saturated heterocycles. The molecule has 0 aromatic heterocycles. The average Bonchev–Trinajstić information content (AvgIpc) is 2.36. The van der Waals surface area contributed by atoms with Gasteiger partial charge in [-0.3, -0.25) is 0 Å². The van der Waals surface area contributed by atoms with Crippen LogP contribution in [-0.4, -0.2) is 6.21 Å². The summed E-state index contributed by atoms with van der Waals surface area (Å²) >= 11 is 2.28. The molecule has 4 heteroatoms. The van der Waals surface area contributed by atoms with Crippen molar-refractivity contribution < 1.29 is 0 Å². The first-order valence-corrected chi connectivity index (χ1v) is 9.68. The van der Waals surface area contributed by atoms with E-state index < -0.39 is 0 Å². The molecule has 0 heterocycles. The molecule has 0 bridgehead atoms. The predicted octanol–water partition coefficient (Wildman–Crippen LogP) is 4.58. The zero-order chi connectivity index (χ0) is 12.5. The number of hydrogen-bond donors (Lipinski definition) is 2. The summed E-state index contributed by atoms with van der Waals surface area (Å²) in [4.78, 5) is 0. The minimum atomic E-state index is 0.613. The standard InChI is InChI=1S/C13H16IN2P/c1-2-3-4-5-6-11-7-8-13(16-17-14)12(9-11)10-15/h7-10,15-17H,2-4H2,1H3. The van der Waals surface area contributed by atoms with E-state index >= 15 is 0 Å². The van der Waals surface area contributed by atoms with Gasteiger partial charge in [0.15, 0.2) is 0 Å². The van der Waals surface area contributed by atoms with Crippen molar-refractivity contribution in [3.8, 4) is 11.8 Å². The molecular weight excluding hydrogens is 342 g/mol. The second kappa shape index (κ2) is 8.49. The molecular formula is C13H16IN2P. The van der Waals surface area contributed by atoms with Crippen LogP contribution in [0.2, 0.25) is 0 Å². The summed E-state index contributed by atoms with van der Waals surface area (Å²) in [7, 11) is 0. The topological polar surface area (TPSA) is 35.9 Å². The molecule has 2 N–H and O–H groups in total.